The Morgan fingerprint density at radius 1 is 0.824 bits per heavy atom. The molecular formula is C21H24ClNO11. The number of ether oxygens (including phenoxy) is 6. The largest absolute Gasteiger partial charge is 0.463 e. The molecule has 1 heterocycles. The van der Waals surface area contributed by atoms with Crippen molar-refractivity contribution in [1.29, 1.82) is 0 Å². The van der Waals surface area contributed by atoms with Crippen molar-refractivity contribution in [3.8, 4) is 5.75 Å². The molecule has 12 nitrogen and oxygen atoms in total. The Morgan fingerprint density at radius 2 is 1.35 bits per heavy atom. The Morgan fingerprint density at radius 3 is 1.88 bits per heavy atom. The van der Waals surface area contributed by atoms with Crippen LogP contribution in [0.4, 0.5) is 4.79 Å². The van der Waals surface area contributed by atoms with Crippen LogP contribution in [0.25, 0.3) is 0 Å². The smallest absolute Gasteiger partial charge is 0.414 e. The molecule has 1 aliphatic heterocycles. The predicted octanol–water partition coefficient (Wildman–Crippen LogP) is 1.51. The lowest BCUT2D eigenvalue weighted by Crippen LogP contribution is -2.66. The molecule has 0 aliphatic carbocycles. The van der Waals surface area contributed by atoms with Gasteiger partial charge in [-0.1, -0.05) is 11.6 Å². The minimum absolute atomic E-state index is 0.146. The van der Waals surface area contributed by atoms with E-state index in [0.29, 0.717) is 5.02 Å². The Balaban J connectivity index is 2.35. The van der Waals surface area contributed by atoms with E-state index in [1.165, 1.54) is 24.3 Å². The van der Waals surface area contributed by atoms with E-state index in [1.807, 2.05) is 0 Å². The van der Waals surface area contributed by atoms with Crippen molar-refractivity contribution in [2.75, 3.05) is 6.61 Å². The second kappa shape index (κ2) is 12.2. The number of hydrogen-bond acceptors (Lipinski definition) is 11. The molecule has 1 N–H and O–H groups in total. The van der Waals surface area contributed by atoms with Gasteiger partial charge in [0.1, 0.15) is 18.5 Å². The molecule has 13 heteroatoms. The molecule has 0 radical (unpaired) electrons. The molecule has 2 rings (SSSR count). The minimum Gasteiger partial charge on any atom is -0.463 e. The van der Waals surface area contributed by atoms with E-state index < -0.39 is 67.2 Å². The molecule has 34 heavy (non-hydrogen) atoms. The highest BCUT2D eigenvalue weighted by Crippen LogP contribution is 2.28. The first kappa shape index (κ1) is 26.9. The highest BCUT2D eigenvalue weighted by molar-refractivity contribution is 6.30. The van der Waals surface area contributed by atoms with Gasteiger partial charge in [0.15, 0.2) is 24.5 Å². The van der Waals surface area contributed by atoms with Gasteiger partial charge in [-0.05, 0) is 24.3 Å². The number of carbonyl (C=O) groups is 5. The lowest BCUT2D eigenvalue weighted by atomic mass is 9.97. The minimum atomic E-state index is -1.45. The van der Waals surface area contributed by atoms with Gasteiger partial charge >= 0.3 is 30.0 Å². The third kappa shape index (κ3) is 8.19. The zero-order valence-electron chi connectivity index (χ0n) is 18.8. The first-order valence-corrected chi connectivity index (χ1v) is 10.4. The van der Waals surface area contributed by atoms with Crippen LogP contribution < -0.4 is 10.1 Å². The zero-order valence-corrected chi connectivity index (χ0v) is 19.5. The number of carbonyl (C=O) groups excluding carboxylic acids is 5. The van der Waals surface area contributed by atoms with Crippen LogP contribution in [-0.2, 0) is 42.9 Å². The second-order valence-electron chi connectivity index (χ2n) is 7.11. The molecule has 3 unspecified atom stereocenters. The molecule has 0 bridgehead atoms. The summed E-state index contributed by atoms with van der Waals surface area (Å²) in [6.07, 6.45) is -7.86. The van der Waals surface area contributed by atoms with Gasteiger partial charge in [0.05, 0.1) is 0 Å². The summed E-state index contributed by atoms with van der Waals surface area (Å²) in [6, 6.07) is 5.88. The summed E-state index contributed by atoms with van der Waals surface area (Å²) in [7, 11) is 0. The van der Waals surface area contributed by atoms with E-state index in [2.05, 4.69) is 5.32 Å². The summed E-state index contributed by atoms with van der Waals surface area (Å²) in [6.45, 7) is 3.99. The van der Waals surface area contributed by atoms with Gasteiger partial charge in [-0.15, -0.1) is 0 Å². The van der Waals surface area contributed by atoms with Crippen LogP contribution >= 0.6 is 11.6 Å². The maximum absolute atomic E-state index is 12.5. The van der Waals surface area contributed by atoms with E-state index in [-0.39, 0.29) is 5.75 Å². The van der Waals surface area contributed by atoms with Crippen LogP contribution in [0.2, 0.25) is 5.02 Å². The first-order valence-electron chi connectivity index (χ1n) is 10.0. The molecule has 186 valence electrons. The summed E-state index contributed by atoms with van der Waals surface area (Å²) < 4.78 is 31.6. The molecule has 0 aromatic heterocycles. The number of halogens is 1. The quantitative estimate of drug-likeness (QED) is 0.427. The molecule has 0 spiro atoms. The summed E-state index contributed by atoms with van der Waals surface area (Å²) >= 11 is 5.81. The van der Waals surface area contributed by atoms with Gasteiger partial charge in [0, 0.05) is 32.7 Å². The number of nitrogens with one attached hydrogen (secondary N) is 1. The summed E-state index contributed by atoms with van der Waals surface area (Å²) in [5.41, 5.74) is 0. The van der Waals surface area contributed by atoms with Crippen LogP contribution in [-0.4, -0.2) is 67.2 Å². The fraction of sp³-hybridized carbons (Fsp3) is 0.476. The Hall–Kier alpha value is -3.38. The van der Waals surface area contributed by atoms with Crippen molar-refractivity contribution in [1.82, 2.24) is 5.32 Å². The average molecular weight is 502 g/mol. The normalized spacial score (nSPS) is 23.7. The standard InChI is InChI=1S/C21H24ClNO11/c1-10(24)29-9-16-17(30-11(2)25)18(31-12(3)26)19(32-13(4)27)20(34-16)23-21(28)33-15-7-5-14(22)6-8-15/h5-8,16-20H,9H2,1-4H3,(H,23,28)/t16?,17-,18?,19?,20-/m1/s1. The van der Waals surface area contributed by atoms with Crippen molar-refractivity contribution in [2.45, 2.75) is 58.3 Å². The van der Waals surface area contributed by atoms with Gasteiger partial charge in [-0.2, -0.15) is 0 Å². The number of rotatable bonds is 7. The van der Waals surface area contributed by atoms with Gasteiger partial charge in [-0.3, -0.25) is 24.5 Å². The molecule has 5 atom stereocenters. The molecule has 1 aliphatic rings. The van der Waals surface area contributed by atoms with Gasteiger partial charge < -0.3 is 28.4 Å². The summed E-state index contributed by atoms with van der Waals surface area (Å²) in [4.78, 5) is 59.1. The van der Waals surface area contributed by atoms with E-state index in [0.717, 1.165) is 27.7 Å². The third-order valence-electron chi connectivity index (χ3n) is 4.28. The van der Waals surface area contributed by atoms with Crippen LogP contribution in [0.5, 0.6) is 5.75 Å². The topological polar surface area (TPSA) is 153 Å². The van der Waals surface area contributed by atoms with Crippen LogP contribution in [0.3, 0.4) is 0 Å². The van der Waals surface area contributed by atoms with Crippen molar-refractivity contribution in [2.24, 2.45) is 0 Å². The maximum atomic E-state index is 12.5. The lowest BCUT2D eigenvalue weighted by molar-refractivity contribution is -0.255. The molecule has 1 fully saturated rings. The van der Waals surface area contributed by atoms with Crippen molar-refractivity contribution in [3.05, 3.63) is 29.3 Å². The van der Waals surface area contributed by atoms with Crippen LogP contribution in [0.1, 0.15) is 27.7 Å². The Labute approximate surface area is 199 Å². The molecule has 1 saturated heterocycles. The van der Waals surface area contributed by atoms with Crippen LogP contribution in [0.15, 0.2) is 24.3 Å². The summed E-state index contributed by atoms with van der Waals surface area (Å²) in [5, 5.41) is 2.79. The molecule has 0 saturated carbocycles. The van der Waals surface area contributed by atoms with Gasteiger partial charge in [-0.25, -0.2) is 4.79 Å². The fourth-order valence-corrected chi connectivity index (χ4v) is 3.23. The van der Waals surface area contributed by atoms with Gasteiger partial charge in [0.25, 0.3) is 0 Å². The number of esters is 4. The van der Waals surface area contributed by atoms with Crippen molar-refractivity contribution >= 4 is 41.6 Å². The first-order chi connectivity index (χ1) is 16.0. The van der Waals surface area contributed by atoms with Crippen LogP contribution in [0, 0.1) is 0 Å². The lowest BCUT2D eigenvalue weighted by Gasteiger charge is -2.44. The second-order valence-corrected chi connectivity index (χ2v) is 7.54. The van der Waals surface area contributed by atoms with Gasteiger partial charge in [0.2, 0.25) is 0 Å². The summed E-state index contributed by atoms with van der Waals surface area (Å²) in [5.74, 6) is -2.89. The SMILES string of the molecule is CC(=O)OCC1O[C@@H](NC(=O)Oc2ccc(Cl)cc2)C(OC(C)=O)C(OC(C)=O)[C@@H]1OC(C)=O. The van der Waals surface area contributed by atoms with Crippen molar-refractivity contribution < 1.29 is 52.4 Å². The third-order valence-corrected chi connectivity index (χ3v) is 4.53. The van der Waals surface area contributed by atoms with E-state index >= 15 is 0 Å². The number of amides is 1. The predicted molar refractivity (Wildman–Crippen MR) is 113 cm³/mol. The highest BCUT2D eigenvalue weighted by atomic mass is 35.5. The van der Waals surface area contributed by atoms with E-state index in [9.17, 15) is 24.0 Å². The Kier molecular flexibility index (Phi) is 9.63. The monoisotopic (exact) mass is 501 g/mol. The van der Waals surface area contributed by atoms with Crippen molar-refractivity contribution in [3.63, 3.8) is 0 Å². The van der Waals surface area contributed by atoms with E-state index in [4.69, 9.17) is 40.0 Å². The Bertz CT molecular complexity index is 920. The number of hydrogen-bond donors (Lipinski definition) is 1. The van der Waals surface area contributed by atoms with E-state index in [1.54, 1.807) is 0 Å². The highest BCUT2D eigenvalue weighted by Gasteiger charge is 2.52. The number of benzene rings is 1. The molecule has 1 aromatic rings. The average Bonchev–Trinajstić information content (AvgIpc) is 2.71. The molecule has 1 amide bonds. The zero-order chi connectivity index (χ0) is 25.4. The maximum Gasteiger partial charge on any atom is 0.414 e. The molecule has 1 aromatic carbocycles. The fourth-order valence-electron chi connectivity index (χ4n) is 3.10. The molecular weight excluding hydrogens is 478 g/mol.